The molecule has 0 unspecified atom stereocenters. The van der Waals surface area contributed by atoms with Gasteiger partial charge in [0.2, 0.25) is 11.8 Å². The van der Waals surface area contributed by atoms with Crippen LogP contribution in [0.15, 0.2) is 52.5 Å². The molecule has 2 amide bonds. The molecule has 1 aliphatic rings. The van der Waals surface area contributed by atoms with Crippen molar-refractivity contribution in [3.05, 3.63) is 42.7 Å². The Morgan fingerprint density at radius 2 is 2.15 bits per heavy atom. The van der Waals surface area contributed by atoms with Crippen molar-refractivity contribution in [3.8, 4) is 0 Å². The molecular formula is C18H19N3O4S2. The highest BCUT2D eigenvalue weighted by Crippen LogP contribution is 2.38. The lowest BCUT2D eigenvalue weighted by molar-refractivity contribution is -0.116. The molecule has 7 nitrogen and oxygen atoms in total. The minimum atomic E-state index is -3.65. The van der Waals surface area contributed by atoms with Crippen LogP contribution < -0.4 is 10.6 Å². The average molecular weight is 406 g/mol. The van der Waals surface area contributed by atoms with E-state index in [1.807, 2.05) is 6.92 Å². The number of anilines is 2. The molecule has 1 aliphatic heterocycles. The molecule has 0 fully saturated rings. The summed E-state index contributed by atoms with van der Waals surface area (Å²) in [6.07, 6.45) is 3.59. The fraction of sp³-hybridized carbons (Fsp3) is 0.278. The van der Waals surface area contributed by atoms with Crippen LogP contribution in [-0.2, 0) is 19.4 Å². The highest BCUT2D eigenvalue weighted by atomic mass is 32.2. The van der Waals surface area contributed by atoms with Crippen LogP contribution in [0.5, 0.6) is 0 Å². The van der Waals surface area contributed by atoms with Gasteiger partial charge in [0.05, 0.1) is 33.5 Å². The quantitative estimate of drug-likeness (QED) is 0.766. The first-order chi connectivity index (χ1) is 12.9. The number of pyridine rings is 1. The molecule has 2 heterocycles. The Hall–Kier alpha value is -2.39. The lowest BCUT2D eigenvalue weighted by Gasteiger charge is -2.23. The Balaban J connectivity index is 1.68. The Labute approximate surface area is 161 Å². The molecule has 2 aromatic rings. The predicted molar refractivity (Wildman–Crippen MR) is 105 cm³/mol. The van der Waals surface area contributed by atoms with Crippen molar-refractivity contribution in [1.82, 2.24) is 4.98 Å². The highest BCUT2D eigenvalue weighted by molar-refractivity contribution is 8.01. The van der Waals surface area contributed by atoms with Crippen molar-refractivity contribution in [2.45, 2.75) is 34.8 Å². The SMILES string of the molecule is CC[C@H]1Sc2ccc(S(=O)(=O)CCC(=O)Nc3cccnc3)cc2NC1=O. The molecule has 1 aromatic carbocycles. The number of fused-ring (bicyclic) bond motifs is 1. The Morgan fingerprint density at radius 3 is 2.85 bits per heavy atom. The number of hydrogen-bond donors (Lipinski definition) is 2. The maximum atomic E-state index is 12.6. The van der Waals surface area contributed by atoms with E-state index >= 15 is 0 Å². The zero-order chi connectivity index (χ0) is 19.4. The normalized spacial score (nSPS) is 16.3. The Morgan fingerprint density at radius 1 is 1.33 bits per heavy atom. The van der Waals surface area contributed by atoms with Crippen molar-refractivity contribution >= 4 is 44.8 Å². The molecule has 0 bridgehead atoms. The summed E-state index contributed by atoms with van der Waals surface area (Å²) in [7, 11) is -3.65. The first-order valence-corrected chi connectivity index (χ1v) is 11.0. The van der Waals surface area contributed by atoms with Crippen LogP contribution >= 0.6 is 11.8 Å². The minimum Gasteiger partial charge on any atom is -0.325 e. The van der Waals surface area contributed by atoms with Crippen molar-refractivity contribution in [2.75, 3.05) is 16.4 Å². The van der Waals surface area contributed by atoms with Gasteiger partial charge in [0, 0.05) is 17.5 Å². The van der Waals surface area contributed by atoms with E-state index in [1.165, 1.54) is 30.1 Å². The standard InChI is InChI=1S/C18H19N3O4S2/c1-2-15-18(23)21-14-10-13(5-6-16(14)26-15)27(24,25)9-7-17(22)20-12-4-3-8-19-11-12/h3-6,8,10-11,15H,2,7,9H2,1H3,(H,20,22)(H,21,23)/t15-/m1/s1. The van der Waals surface area contributed by atoms with Gasteiger partial charge in [-0.1, -0.05) is 6.92 Å². The van der Waals surface area contributed by atoms with Crippen LogP contribution in [-0.4, -0.2) is 36.2 Å². The van der Waals surface area contributed by atoms with Crippen molar-refractivity contribution in [1.29, 1.82) is 0 Å². The van der Waals surface area contributed by atoms with E-state index in [9.17, 15) is 18.0 Å². The van der Waals surface area contributed by atoms with Gasteiger partial charge in [-0.05, 0) is 36.8 Å². The van der Waals surface area contributed by atoms with Gasteiger partial charge in [-0.3, -0.25) is 14.6 Å². The molecule has 0 saturated carbocycles. The summed E-state index contributed by atoms with van der Waals surface area (Å²) in [6, 6.07) is 8.03. The molecule has 9 heteroatoms. The number of rotatable bonds is 6. The lowest BCUT2D eigenvalue weighted by atomic mass is 10.2. The van der Waals surface area contributed by atoms with Gasteiger partial charge in [0.15, 0.2) is 9.84 Å². The molecule has 0 spiro atoms. The van der Waals surface area contributed by atoms with Crippen LogP contribution in [0.1, 0.15) is 19.8 Å². The molecule has 1 atom stereocenters. The summed E-state index contributed by atoms with van der Waals surface area (Å²) >= 11 is 1.43. The number of carbonyl (C=O) groups excluding carboxylic acids is 2. The van der Waals surface area contributed by atoms with Gasteiger partial charge in [0.1, 0.15) is 0 Å². The number of nitrogens with zero attached hydrogens (tertiary/aromatic N) is 1. The first kappa shape index (κ1) is 19.4. The summed E-state index contributed by atoms with van der Waals surface area (Å²) in [6.45, 7) is 1.93. The number of thioether (sulfide) groups is 1. The number of aromatic nitrogens is 1. The highest BCUT2D eigenvalue weighted by Gasteiger charge is 2.27. The number of carbonyl (C=O) groups is 2. The molecule has 2 N–H and O–H groups in total. The summed E-state index contributed by atoms with van der Waals surface area (Å²) in [4.78, 5) is 28.8. The third-order valence-electron chi connectivity index (χ3n) is 4.04. The van der Waals surface area contributed by atoms with E-state index < -0.39 is 15.7 Å². The van der Waals surface area contributed by atoms with Crippen molar-refractivity contribution in [3.63, 3.8) is 0 Å². The maximum Gasteiger partial charge on any atom is 0.237 e. The van der Waals surface area contributed by atoms with Gasteiger partial charge in [-0.2, -0.15) is 0 Å². The predicted octanol–water partition coefficient (Wildman–Crippen LogP) is 2.71. The number of sulfone groups is 1. The number of nitrogens with one attached hydrogen (secondary N) is 2. The van der Waals surface area contributed by atoms with Crippen LogP contribution in [0.2, 0.25) is 0 Å². The summed E-state index contributed by atoms with van der Waals surface area (Å²) < 4.78 is 25.1. The second kappa shape index (κ2) is 8.10. The van der Waals surface area contributed by atoms with Crippen molar-refractivity contribution in [2.24, 2.45) is 0 Å². The fourth-order valence-electron chi connectivity index (χ4n) is 2.60. The van der Waals surface area contributed by atoms with E-state index in [0.717, 1.165) is 4.90 Å². The summed E-state index contributed by atoms with van der Waals surface area (Å²) in [5.74, 6) is -0.851. The van der Waals surface area contributed by atoms with Crippen LogP contribution in [0, 0.1) is 0 Å². The fourth-order valence-corrected chi connectivity index (χ4v) is 4.88. The molecule has 27 heavy (non-hydrogen) atoms. The van der Waals surface area contributed by atoms with E-state index in [4.69, 9.17) is 0 Å². The monoisotopic (exact) mass is 405 g/mol. The van der Waals surface area contributed by atoms with E-state index in [1.54, 1.807) is 24.4 Å². The third-order valence-corrected chi connectivity index (χ3v) is 7.20. The largest absolute Gasteiger partial charge is 0.325 e. The van der Waals surface area contributed by atoms with Crippen molar-refractivity contribution < 1.29 is 18.0 Å². The van der Waals surface area contributed by atoms with Gasteiger partial charge < -0.3 is 10.6 Å². The first-order valence-electron chi connectivity index (χ1n) is 8.43. The van der Waals surface area contributed by atoms with Gasteiger partial charge >= 0.3 is 0 Å². The molecular weight excluding hydrogens is 386 g/mol. The Kier molecular flexibility index (Phi) is 5.81. The van der Waals surface area contributed by atoms with Crippen LogP contribution in [0.25, 0.3) is 0 Å². The topological polar surface area (TPSA) is 105 Å². The number of benzene rings is 1. The van der Waals surface area contributed by atoms with E-state index in [0.29, 0.717) is 17.8 Å². The third kappa shape index (κ3) is 4.67. The Bertz CT molecular complexity index is 962. The zero-order valence-electron chi connectivity index (χ0n) is 14.6. The molecule has 142 valence electrons. The van der Waals surface area contributed by atoms with Crippen LogP contribution in [0.4, 0.5) is 11.4 Å². The molecule has 1 aromatic heterocycles. The van der Waals surface area contributed by atoms with Gasteiger partial charge in [-0.15, -0.1) is 11.8 Å². The smallest absolute Gasteiger partial charge is 0.237 e. The van der Waals surface area contributed by atoms with Gasteiger partial charge in [0.25, 0.3) is 0 Å². The molecule has 0 saturated heterocycles. The number of hydrogen-bond acceptors (Lipinski definition) is 6. The van der Waals surface area contributed by atoms with E-state index in [2.05, 4.69) is 15.6 Å². The molecule has 0 aliphatic carbocycles. The average Bonchev–Trinajstić information content (AvgIpc) is 2.66. The zero-order valence-corrected chi connectivity index (χ0v) is 16.3. The molecule has 3 rings (SSSR count). The summed E-state index contributed by atoms with van der Waals surface area (Å²) in [5.41, 5.74) is 1.01. The second-order valence-corrected chi connectivity index (χ2v) is 9.37. The summed E-state index contributed by atoms with van der Waals surface area (Å²) in [5, 5.41) is 5.20. The maximum absolute atomic E-state index is 12.6. The number of amides is 2. The molecule has 0 radical (unpaired) electrons. The van der Waals surface area contributed by atoms with Crippen LogP contribution in [0.3, 0.4) is 0 Å². The minimum absolute atomic E-state index is 0.0891. The lowest BCUT2D eigenvalue weighted by Crippen LogP contribution is -2.28. The van der Waals surface area contributed by atoms with E-state index in [-0.39, 0.29) is 28.2 Å². The second-order valence-electron chi connectivity index (χ2n) is 6.02. The van der Waals surface area contributed by atoms with Gasteiger partial charge in [-0.25, -0.2) is 8.42 Å².